The monoisotopic (exact) mass is 358 g/mol. The number of hydrogen-bond donors (Lipinski definition) is 2. The summed E-state index contributed by atoms with van der Waals surface area (Å²) in [6, 6.07) is 15.3. The zero-order chi connectivity index (χ0) is 16.9. The van der Waals surface area contributed by atoms with E-state index >= 15 is 0 Å². The highest BCUT2D eigenvalue weighted by molar-refractivity contribution is 6.35. The third kappa shape index (κ3) is 4.37. The maximum atomic E-state index is 6.16. The summed E-state index contributed by atoms with van der Waals surface area (Å²) in [7, 11) is 0. The van der Waals surface area contributed by atoms with Crippen LogP contribution in [-0.4, -0.2) is 9.97 Å². The van der Waals surface area contributed by atoms with Crippen molar-refractivity contribution < 1.29 is 0 Å². The largest absolute Gasteiger partial charge is 0.350 e. The minimum Gasteiger partial charge on any atom is -0.350 e. The van der Waals surface area contributed by atoms with E-state index in [1.54, 1.807) is 30.5 Å². The number of hydrogen-bond acceptors (Lipinski definition) is 4. The zero-order valence-corrected chi connectivity index (χ0v) is 14.6. The van der Waals surface area contributed by atoms with Crippen molar-refractivity contribution in [3.05, 3.63) is 75.9 Å². The van der Waals surface area contributed by atoms with Crippen LogP contribution in [0.2, 0.25) is 10.0 Å². The highest BCUT2D eigenvalue weighted by Crippen LogP contribution is 2.27. The molecule has 3 rings (SSSR count). The Bertz CT molecular complexity index is 852. The molecule has 0 radical (unpaired) electrons. The molecule has 0 fully saturated rings. The van der Waals surface area contributed by atoms with Gasteiger partial charge in [0.1, 0.15) is 5.82 Å². The van der Waals surface area contributed by atoms with E-state index in [-0.39, 0.29) is 0 Å². The lowest BCUT2D eigenvalue weighted by Crippen LogP contribution is -2.05. The Balaban J connectivity index is 1.71. The number of benzene rings is 2. The third-order valence-corrected chi connectivity index (χ3v) is 3.94. The van der Waals surface area contributed by atoms with Crippen molar-refractivity contribution in [2.75, 3.05) is 10.6 Å². The first kappa shape index (κ1) is 16.6. The summed E-state index contributed by atoms with van der Waals surface area (Å²) in [5, 5.41) is 7.55. The summed E-state index contributed by atoms with van der Waals surface area (Å²) in [5.74, 6) is 1.18. The summed E-state index contributed by atoms with van der Waals surface area (Å²) < 4.78 is 0. The standard InChI is InChI=1S/C18H16Cl2N4/c1-12-3-2-4-13(9-12)11-22-18-21-8-7-17(24-18)23-16-10-14(19)5-6-15(16)20/h2-10H,11H2,1H3,(H2,21,22,23,24). The van der Waals surface area contributed by atoms with E-state index in [1.165, 1.54) is 11.1 Å². The SMILES string of the molecule is Cc1cccc(CNc2nccc(Nc3cc(Cl)ccc3Cl)n2)c1. The van der Waals surface area contributed by atoms with Crippen molar-refractivity contribution in [3.63, 3.8) is 0 Å². The molecule has 1 heterocycles. The first-order valence-electron chi connectivity index (χ1n) is 7.45. The minimum atomic E-state index is 0.541. The molecule has 0 aliphatic heterocycles. The van der Waals surface area contributed by atoms with E-state index < -0.39 is 0 Å². The number of halogens is 2. The fraction of sp³-hybridized carbons (Fsp3) is 0.111. The first-order valence-corrected chi connectivity index (χ1v) is 8.20. The predicted octanol–water partition coefficient (Wildman–Crippen LogP) is 5.45. The van der Waals surface area contributed by atoms with Gasteiger partial charge in [0, 0.05) is 17.8 Å². The molecule has 122 valence electrons. The summed E-state index contributed by atoms with van der Waals surface area (Å²) in [4.78, 5) is 8.68. The molecule has 0 aliphatic carbocycles. The van der Waals surface area contributed by atoms with Crippen LogP contribution in [0.3, 0.4) is 0 Å². The second-order valence-electron chi connectivity index (χ2n) is 5.36. The van der Waals surface area contributed by atoms with Crippen molar-refractivity contribution in [1.82, 2.24) is 9.97 Å². The Labute approximate surface area is 150 Å². The second kappa shape index (κ2) is 7.51. The van der Waals surface area contributed by atoms with Gasteiger partial charge in [-0.3, -0.25) is 0 Å². The number of nitrogens with zero attached hydrogens (tertiary/aromatic N) is 2. The predicted molar refractivity (Wildman–Crippen MR) is 100 cm³/mol. The maximum absolute atomic E-state index is 6.16. The number of anilines is 3. The van der Waals surface area contributed by atoms with Gasteiger partial charge in [0.15, 0.2) is 0 Å². The third-order valence-electron chi connectivity index (χ3n) is 3.38. The lowest BCUT2D eigenvalue weighted by atomic mass is 10.1. The van der Waals surface area contributed by atoms with Crippen LogP contribution < -0.4 is 10.6 Å². The van der Waals surface area contributed by atoms with Gasteiger partial charge in [0.05, 0.1) is 10.7 Å². The van der Waals surface area contributed by atoms with Gasteiger partial charge in [-0.05, 0) is 36.8 Å². The van der Waals surface area contributed by atoms with Gasteiger partial charge in [-0.15, -0.1) is 0 Å². The number of aryl methyl sites for hydroxylation is 1. The fourth-order valence-corrected chi connectivity index (χ4v) is 2.58. The van der Waals surface area contributed by atoms with Crippen LogP contribution in [0.15, 0.2) is 54.7 Å². The smallest absolute Gasteiger partial charge is 0.224 e. The van der Waals surface area contributed by atoms with Crippen LogP contribution >= 0.6 is 23.2 Å². The van der Waals surface area contributed by atoms with Crippen LogP contribution in [0.5, 0.6) is 0 Å². The van der Waals surface area contributed by atoms with Gasteiger partial charge in [-0.2, -0.15) is 4.98 Å². The Morgan fingerprint density at radius 2 is 1.92 bits per heavy atom. The van der Waals surface area contributed by atoms with E-state index in [0.29, 0.717) is 34.0 Å². The van der Waals surface area contributed by atoms with E-state index in [4.69, 9.17) is 23.2 Å². The van der Waals surface area contributed by atoms with Gasteiger partial charge in [0.2, 0.25) is 5.95 Å². The molecule has 0 saturated heterocycles. The second-order valence-corrected chi connectivity index (χ2v) is 6.20. The van der Waals surface area contributed by atoms with Gasteiger partial charge in [-0.1, -0.05) is 53.0 Å². The summed E-state index contributed by atoms with van der Waals surface area (Å²) in [6.45, 7) is 2.72. The van der Waals surface area contributed by atoms with Crippen LogP contribution in [0.1, 0.15) is 11.1 Å². The van der Waals surface area contributed by atoms with Crippen molar-refractivity contribution in [2.45, 2.75) is 13.5 Å². The number of nitrogens with one attached hydrogen (secondary N) is 2. The van der Waals surface area contributed by atoms with E-state index in [1.807, 2.05) is 6.07 Å². The molecule has 2 aromatic carbocycles. The average Bonchev–Trinajstić information content (AvgIpc) is 2.57. The summed E-state index contributed by atoms with van der Waals surface area (Å²) in [5.41, 5.74) is 3.10. The topological polar surface area (TPSA) is 49.8 Å². The highest BCUT2D eigenvalue weighted by Gasteiger charge is 2.04. The van der Waals surface area contributed by atoms with E-state index in [9.17, 15) is 0 Å². The minimum absolute atomic E-state index is 0.541. The van der Waals surface area contributed by atoms with Crippen LogP contribution in [0.4, 0.5) is 17.5 Å². The normalized spacial score (nSPS) is 10.5. The lowest BCUT2D eigenvalue weighted by Gasteiger charge is -2.10. The maximum Gasteiger partial charge on any atom is 0.224 e. The Morgan fingerprint density at radius 1 is 1.04 bits per heavy atom. The van der Waals surface area contributed by atoms with E-state index in [0.717, 1.165) is 0 Å². The quantitative estimate of drug-likeness (QED) is 0.636. The molecule has 6 heteroatoms. The fourth-order valence-electron chi connectivity index (χ4n) is 2.25. The van der Waals surface area contributed by atoms with Crippen molar-refractivity contribution in [2.24, 2.45) is 0 Å². The molecular formula is C18H16Cl2N4. The van der Waals surface area contributed by atoms with Crippen molar-refractivity contribution in [3.8, 4) is 0 Å². The molecule has 1 aromatic heterocycles. The van der Waals surface area contributed by atoms with Crippen LogP contribution in [0, 0.1) is 6.92 Å². The molecule has 0 atom stereocenters. The number of aromatic nitrogens is 2. The van der Waals surface area contributed by atoms with Gasteiger partial charge >= 0.3 is 0 Å². The van der Waals surface area contributed by atoms with Gasteiger partial charge in [-0.25, -0.2) is 4.98 Å². The van der Waals surface area contributed by atoms with Gasteiger partial charge < -0.3 is 10.6 Å². The molecule has 0 amide bonds. The summed E-state index contributed by atoms with van der Waals surface area (Å²) >= 11 is 12.2. The van der Waals surface area contributed by atoms with E-state index in [2.05, 4.69) is 45.7 Å². The molecule has 24 heavy (non-hydrogen) atoms. The molecule has 2 N–H and O–H groups in total. The average molecular weight is 359 g/mol. The van der Waals surface area contributed by atoms with Crippen molar-refractivity contribution >= 4 is 40.7 Å². The van der Waals surface area contributed by atoms with Gasteiger partial charge in [0.25, 0.3) is 0 Å². The molecule has 4 nitrogen and oxygen atoms in total. The number of rotatable bonds is 5. The highest BCUT2D eigenvalue weighted by atomic mass is 35.5. The van der Waals surface area contributed by atoms with Crippen LogP contribution in [-0.2, 0) is 6.54 Å². The molecule has 0 saturated carbocycles. The Kier molecular flexibility index (Phi) is 5.18. The molecule has 0 unspecified atom stereocenters. The Morgan fingerprint density at radius 3 is 2.75 bits per heavy atom. The Hall–Kier alpha value is -2.30. The molecular weight excluding hydrogens is 343 g/mol. The zero-order valence-electron chi connectivity index (χ0n) is 13.1. The molecule has 3 aromatic rings. The summed E-state index contributed by atoms with van der Waals surface area (Å²) in [6.07, 6.45) is 1.69. The van der Waals surface area contributed by atoms with Crippen LogP contribution in [0.25, 0.3) is 0 Å². The first-order chi connectivity index (χ1) is 11.6. The molecule has 0 spiro atoms. The lowest BCUT2D eigenvalue weighted by molar-refractivity contribution is 1.05. The molecule has 0 aliphatic rings. The van der Waals surface area contributed by atoms with Crippen molar-refractivity contribution in [1.29, 1.82) is 0 Å². The molecule has 0 bridgehead atoms.